The highest BCUT2D eigenvalue weighted by atomic mass is 35.5. The minimum atomic E-state index is -1.77. The summed E-state index contributed by atoms with van der Waals surface area (Å²) in [6, 6.07) is 9.66. The molecule has 0 radical (unpaired) electrons. The molecule has 0 bridgehead atoms. The van der Waals surface area contributed by atoms with Gasteiger partial charge < -0.3 is 15.5 Å². The average molecular weight is 439 g/mol. The van der Waals surface area contributed by atoms with Crippen molar-refractivity contribution in [1.82, 2.24) is 9.97 Å². The van der Waals surface area contributed by atoms with Crippen LogP contribution in [0.25, 0.3) is 0 Å². The predicted octanol–water partition coefficient (Wildman–Crippen LogP) is 5.83. The van der Waals surface area contributed by atoms with Crippen LogP contribution in [-0.4, -0.2) is 30.9 Å². The van der Waals surface area contributed by atoms with Crippen molar-refractivity contribution in [3.63, 3.8) is 0 Å². The second-order valence-electron chi connectivity index (χ2n) is 8.50. The van der Waals surface area contributed by atoms with E-state index in [1.165, 1.54) is 11.8 Å². The molecule has 2 rings (SSSR count). The Bertz CT molecular complexity index is 798. The van der Waals surface area contributed by atoms with Gasteiger partial charge in [-0.1, -0.05) is 56.3 Å². The summed E-state index contributed by atoms with van der Waals surface area (Å²) in [6.07, 6.45) is 0. The Labute approximate surface area is 179 Å². The van der Waals surface area contributed by atoms with Crippen LogP contribution in [0.3, 0.4) is 0 Å². The van der Waals surface area contributed by atoms with Crippen LogP contribution in [0.1, 0.15) is 33.3 Å². The molecule has 28 heavy (non-hydrogen) atoms. The van der Waals surface area contributed by atoms with Gasteiger partial charge in [-0.2, -0.15) is 0 Å². The molecule has 3 N–H and O–H groups in total. The monoisotopic (exact) mass is 438 g/mol. The first-order valence-electron chi connectivity index (χ1n) is 9.38. The maximum atomic E-state index is 6.29. The lowest BCUT2D eigenvalue weighted by Crippen LogP contribution is -2.43. The fourth-order valence-electron chi connectivity index (χ4n) is 2.20. The molecule has 8 heteroatoms. The molecule has 2 aromatic rings. The first kappa shape index (κ1) is 23.0. The third-order valence-electron chi connectivity index (χ3n) is 4.88. The zero-order valence-electron chi connectivity index (χ0n) is 17.5. The molecule has 1 aromatic carbocycles. The van der Waals surface area contributed by atoms with Crippen LogP contribution >= 0.6 is 23.4 Å². The fourth-order valence-corrected chi connectivity index (χ4v) is 4.32. The molecule has 1 unspecified atom stereocenters. The number of nitrogens with two attached hydrogens (primary N) is 1. The Balaban J connectivity index is 1.96. The van der Waals surface area contributed by atoms with Crippen molar-refractivity contribution < 1.29 is 4.43 Å². The number of nitrogens with zero attached hydrogens (tertiary/aromatic N) is 2. The van der Waals surface area contributed by atoms with E-state index in [1.54, 1.807) is 6.07 Å². The summed E-state index contributed by atoms with van der Waals surface area (Å²) < 4.78 is 6.29. The van der Waals surface area contributed by atoms with E-state index in [0.717, 1.165) is 16.3 Å². The maximum absolute atomic E-state index is 6.29. The Morgan fingerprint density at radius 1 is 1.25 bits per heavy atom. The quantitative estimate of drug-likeness (QED) is 0.307. The van der Waals surface area contributed by atoms with E-state index in [2.05, 4.69) is 56.1 Å². The fraction of sp³-hybridized carbons (Fsp3) is 0.500. The number of nitrogens with one attached hydrogen (secondary N) is 1. The van der Waals surface area contributed by atoms with Gasteiger partial charge in [0.1, 0.15) is 11.6 Å². The summed E-state index contributed by atoms with van der Waals surface area (Å²) in [6.45, 7) is 14.0. The van der Waals surface area contributed by atoms with E-state index in [1.807, 2.05) is 24.3 Å². The maximum Gasteiger partial charge on any atom is 0.192 e. The lowest BCUT2D eigenvalue weighted by molar-refractivity contribution is 0.276. The smallest absolute Gasteiger partial charge is 0.192 e. The normalized spacial score (nSPS) is 13.4. The minimum Gasteiger partial charge on any atom is -0.415 e. The lowest BCUT2D eigenvalue weighted by atomic mass is 10.2. The minimum absolute atomic E-state index is 0.120. The van der Waals surface area contributed by atoms with Gasteiger partial charge in [-0.15, -0.1) is 0 Å². The number of nitrogen functional groups attached to an aromatic ring is 1. The zero-order valence-corrected chi connectivity index (χ0v) is 20.1. The molecule has 0 saturated carbocycles. The van der Waals surface area contributed by atoms with Gasteiger partial charge in [0.15, 0.2) is 13.5 Å². The number of hydrogen-bond acceptors (Lipinski definition) is 6. The summed E-state index contributed by atoms with van der Waals surface area (Å²) in [5.74, 6) is 1.89. The van der Waals surface area contributed by atoms with Crippen molar-refractivity contribution in [2.24, 2.45) is 0 Å². The molecule has 1 atom stereocenters. The molecule has 0 spiro atoms. The van der Waals surface area contributed by atoms with Crippen LogP contribution < -0.4 is 11.1 Å². The number of benzene rings is 1. The summed E-state index contributed by atoms with van der Waals surface area (Å²) in [5, 5.41) is 4.94. The van der Waals surface area contributed by atoms with Crippen LogP contribution in [0.2, 0.25) is 23.2 Å². The number of anilines is 2. The van der Waals surface area contributed by atoms with E-state index in [-0.39, 0.29) is 11.1 Å². The van der Waals surface area contributed by atoms with Crippen molar-refractivity contribution in [1.29, 1.82) is 0 Å². The second-order valence-corrected chi connectivity index (χ2v) is 14.7. The molecule has 0 saturated heterocycles. The van der Waals surface area contributed by atoms with Crippen molar-refractivity contribution >= 4 is 43.3 Å². The van der Waals surface area contributed by atoms with E-state index < -0.39 is 8.32 Å². The van der Waals surface area contributed by atoms with Crippen LogP contribution in [0.4, 0.5) is 11.6 Å². The van der Waals surface area contributed by atoms with Crippen LogP contribution in [0, 0.1) is 0 Å². The van der Waals surface area contributed by atoms with Gasteiger partial charge in [0, 0.05) is 22.9 Å². The van der Waals surface area contributed by atoms with Gasteiger partial charge in [0.05, 0.1) is 6.61 Å². The van der Waals surface area contributed by atoms with Crippen molar-refractivity contribution in [2.75, 3.05) is 17.7 Å². The Morgan fingerprint density at radius 2 is 1.96 bits per heavy atom. The Hall–Kier alpha value is -1.28. The summed E-state index contributed by atoms with van der Waals surface area (Å²) >= 11 is 7.58. The molecular weight excluding hydrogens is 408 g/mol. The third kappa shape index (κ3) is 6.95. The number of halogens is 1. The van der Waals surface area contributed by atoms with Crippen molar-refractivity contribution in [3.8, 4) is 0 Å². The molecule has 0 fully saturated rings. The van der Waals surface area contributed by atoms with Gasteiger partial charge in [0.2, 0.25) is 0 Å². The average Bonchev–Trinajstić information content (AvgIpc) is 2.57. The number of rotatable bonds is 8. The molecule has 0 aliphatic rings. The van der Waals surface area contributed by atoms with Gasteiger partial charge in [0.25, 0.3) is 0 Å². The van der Waals surface area contributed by atoms with Crippen LogP contribution in [-0.2, 0) is 10.2 Å². The molecular formula is C20H31ClN4OSSi. The van der Waals surface area contributed by atoms with Gasteiger partial charge in [-0.3, -0.25) is 0 Å². The Kier molecular flexibility index (Phi) is 7.78. The molecule has 0 aliphatic carbocycles. The van der Waals surface area contributed by atoms with E-state index in [9.17, 15) is 0 Å². The van der Waals surface area contributed by atoms with Gasteiger partial charge >= 0.3 is 0 Å². The first-order chi connectivity index (χ1) is 13.0. The highest BCUT2D eigenvalue weighted by molar-refractivity contribution is 7.98. The highest BCUT2D eigenvalue weighted by Crippen LogP contribution is 2.36. The van der Waals surface area contributed by atoms with Crippen LogP contribution in [0.5, 0.6) is 0 Å². The number of thioether (sulfide) groups is 1. The highest BCUT2D eigenvalue weighted by Gasteiger charge is 2.37. The standard InChI is InChI=1S/C20H31ClN4OSSi/c1-14(12-26-28(5,6)20(2,3)4)23-18-11-17(22)24-19(25-18)27-13-15-8-7-9-16(21)10-15/h7-11,14H,12-13H2,1-6H3,(H3,22,23,24,25). The van der Waals surface area contributed by atoms with Crippen LogP contribution in [0.15, 0.2) is 35.5 Å². The topological polar surface area (TPSA) is 73.1 Å². The summed E-state index contributed by atoms with van der Waals surface area (Å²) in [4.78, 5) is 8.92. The van der Waals surface area contributed by atoms with E-state index in [4.69, 9.17) is 21.8 Å². The predicted molar refractivity (Wildman–Crippen MR) is 124 cm³/mol. The van der Waals surface area contributed by atoms with E-state index >= 15 is 0 Å². The summed E-state index contributed by atoms with van der Waals surface area (Å²) in [5.41, 5.74) is 7.10. The molecule has 1 aromatic heterocycles. The molecule has 154 valence electrons. The van der Waals surface area contributed by atoms with Crippen molar-refractivity contribution in [2.45, 2.75) is 62.8 Å². The number of hydrogen-bond donors (Lipinski definition) is 2. The first-order valence-corrected chi connectivity index (χ1v) is 13.7. The largest absolute Gasteiger partial charge is 0.415 e. The van der Waals surface area contributed by atoms with E-state index in [0.29, 0.717) is 23.4 Å². The third-order valence-corrected chi connectivity index (χ3v) is 10.5. The molecule has 0 amide bonds. The zero-order chi connectivity index (χ0) is 20.9. The summed E-state index contributed by atoms with van der Waals surface area (Å²) in [7, 11) is -1.77. The second kappa shape index (κ2) is 9.48. The van der Waals surface area contributed by atoms with Gasteiger partial charge in [-0.05, 0) is 42.8 Å². The molecule has 0 aliphatic heterocycles. The SMILES string of the molecule is CC(CO[Si](C)(C)C(C)(C)C)Nc1cc(N)nc(SCc2cccc(Cl)c2)n1. The van der Waals surface area contributed by atoms with Crippen molar-refractivity contribution in [3.05, 3.63) is 40.9 Å². The lowest BCUT2D eigenvalue weighted by Gasteiger charge is -2.37. The number of aromatic nitrogens is 2. The Morgan fingerprint density at radius 3 is 2.61 bits per heavy atom. The van der Waals surface area contributed by atoms with Gasteiger partial charge in [-0.25, -0.2) is 9.97 Å². The molecule has 5 nitrogen and oxygen atoms in total. The molecule has 1 heterocycles.